The summed E-state index contributed by atoms with van der Waals surface area (Å²) in [5.74, 6) is 0.524. The Morgan fingerprint density at radius 1 is 0.808 bits per heavy atom. The van der Waals surface area contributed by atoms with Crippen molar-refractivity contribution in [2.24, 2.45) is 5.92 Å². The first-order valence-corrected chi connectivity index (χ1v) is 9.66. The van der Waals surface area contributed by atoms with Gasteiger partial charge in [0.15, 0.2) is 0 Å². The van der Waals surface area contributed by atoms with Crippen LogP contribution in [0.25, 0.3) is 10.8 Å². The van der Waals surface area contributed by atoms with Crippen LogP contribution in [0, 0.1) is 5.92 Å². The smallest absolute Gasteiger partial charge is 0.251 e. The Hall–Kier alpha value is -2.61. The van der Waals surface area contributed by atoms with Crippen molar-refractivity contribution in [2.45, 2.75) is 38.1 Å². The van der Waals surface area contributed by atoms with Gasteiger partial charge in [0.05, 0.1) is 6.04 Å². The Morgan fingerprint density at radius 2 is 1.50 bits per heavy atom. The molecule has 1 atom stereocenters. The van der Waals surface area contributed by atoms with Crippen molar-refractivity contribution in [3.63, 3.8) is 0 Å². The molecule has 0 radical (unpaired) electrons. The molecule has 0 bridgehead atoms. The highest BCUT2D eigenvalue weighted by Gasteiger charge is 2.28. The minimum atomic E-state index is 0.0223. The first-order valence-electron chi connectivity index (χ1n) is 9.66. The molecule has 1 saturated carbocycles. The summed E-state index contributed by atoms with van der Waals surface area (Å²) >= 11 is 0. The lowest BCUT2D eigenvalue weighted by molar-refractivity contribution is 0.0913. The summed E-state index contributed by atoms with van der Waals surface area (Å²) in [5, 5.41) is 5.86. The molecule has 1 amide bonds. The van der Waals surface area contributed by atoms with Crippen LogP contribution < -0.4 is 5.32 Å². The van der Waals surface area contributed by atoms with Gasteiger partial charge in [0, 0.05) is 5.56 Å². The van der Waals surface area contributed by atoms with Gasteiger partial charge >= 0.3 is 0 Å². The summed E-state index contributed by atoms with van der Waals surface area (Å²) in [6.07, 6.45) is 6.19. The molecule has 2 nitrogen and oxygen atoms in total. The zero-order chi connectivity index (χ0) is 17.8. The Bertz CT molecular complexity index is 876. The van der Waals surface area contributed by atoms with E-state index in [4.69, 9.17) is 0 Å². The van der Waals surface area contributed by atoms with Gasteiger partial charge in [-0.2, -0.15) is 0 Å². The number of hydrogen-bond acceptors (Lipinski definition) is 1. The minimum Gasteiger partial charge on any atom is -0.345 e. The quantitative estimate of drug-likeness (QED) is 0.628. The van der Waals surface area contributed by atoms with E-state index < -0.39 is 0 Å². The number of carbonyl (C=O) groups excluding carboxylic acids is 1. The van der Waals surface area contributed by atoms with Crippen LogP contribution in [0.15, 0.2) is 72.8 Å². The van der Waals surface area contributed by atoms with E-state index in [1.807, 2.05) is 30.3 Å². The van der Waals surface area contributed by atoms with Crippen LogP contribution in [0.2, 0.25) is 0 Å². The first kappa shape index (κ1) is 16.8. The van der Waals surface area contributed by atoms with Crippen molar-refractivity contribution >= 4 is 16.7 Å². The van der Waals surface area contributed by atoms with E-state index in [0.717, 1.165) is 5.56 Å². The highest BCUT2D eigenvalue weighted by molar-refractivity contribution is 5.95. The molecule has 0 heterocycles. The fourth-order valence-corrected chi connectivity index (χ4v) is 4.25. The van der Waals surface area contributed by atoms with E-state index in [2.05, 4.69) is 47.8 Å². The van der Waals surface area contributed by atoms with E-state index in [9.17, 15) is 4.79 Å². The van der Waals surface area contributed by atoms with Gasteiger partial charge < -0.3 is 5.32 Å². The second-order valence-corrected chi connectivity index (χ2v) is 7.28. The van der Waals surface area contributed by atoms with E-state index in [1.165, 1.54) is 48.4 Å². The molecule has 3 aromatic rings. The fourth-order valence-electron chi connectivity index (χ4n) is 4.25. The van der Waals surface area contributed by atoms with Crippen molar-refractivity contribution in [1.82, 2.24) is 5.32 Å². The summed E-state index contributed by atoms with van der Waals surface area (Å²) in [7, 11) is 0. The molecule has 1 N–H and O–H groups in total. The largest absolute Gasteiger partial charge is 0.345 e. The van der Waals surface area contributed by atoms with Crippen LogP contribution >= 0.6 is 0 Å². The van der Waals surface area contributed by atoms with Crippen LogP contribution in [0.5, 0.6) is 0 Å². The van der Waals surface area contributed by atoms with E-state index in [0.29, 0.717) is 5.92 Å². The molecule has 0 spiro atoms. The lowest BCUT2D eigenvalue weighted by atomic mass is 9.80. The average Bonchev–Trinajstić information content (AvgIpc) is 2.73. The monoisotopic (exact) mass is 343 g/mol. The fraction of sp³-hybridized carbons (Fsp3) is 0.292. The van der Waals surface area contributed by atoms with Crippen molar-refractivity contribution in [3.8, 4) is 0 Å². The molecular formula is C24H25NO. The molecule has 132 valence electrons. The van der Waals surface area contributed by atoms with Crippen LogP contribution in [0.1, 0.15) is 54.1 Å². The highest BCUT2D eigenvalue weighted by Crippen LogP contribution is 2.37. The second-order valence-electron chi connectivity index (χ2n) is 7.28. The van der Waals surface area contributed by atoms with Gasteiger partial charge in [-0.25, -0.2) is 0 Å². The van der Waals surface area contributed by atoms with Crippen molar-refractivity contribution in [2.75, 3.05) is 0 Å². The Labute approximate surface area is 155 Å². The molecule has 1 fully saturated rings. The second kappa shape index (κ2) is 7.74. The maximum absolute atomic E-state index is 12.9. The minimum absolute atomic E-state index is 0.0223. The number of rotatable bonds is 4. The number of hydrogen-bond donors (Lipinski definition) is 1. The molecular weight excluding hydrogens is 318 g/mol. The average molecular weight is 343 g/mol. The van der Waals surface area contributed by atoms with Crippen LogP contribution in [-0.2, 0) is 0 Å². The van der Waals surface area contributed by atoms with Gasteiger partial charge in [-0.05, 0) is 47.2 Å². The summed E-state index contributed by atoms with van der Waals surface area (Å²) in [6, 6.07) is 24.6. The zero-order valence-corrected chi connectivity index (χ0v) is 15.0. The molecule has 0 saturated heterocycles. The van der Waals surface area contributed by atoms with Gasteiger partial charge in [0.1, 0.15) is 0 Å². The lowest BCUT2D eigenvalue weighted by Gasteiger charge is -2.32. The SMILES string of the molecule is O=C(N[C@@H](c1cccc2ccccc12)C1CCCCC1)c1ccccc1. The van der Waals surface area contributed by atoms with Crippen LogP contribution in [0.3, 0.4) is 0 Å². The highest BCUT2D eigenvalue weighted by atomic mass is 16.1. The van der Waals surface area contributed by atoms with Crippen LogP contribution in [-0.4, -0.2) is 5.91 Å². The summed E-state index contributed by atoms with van der Waals surface area (Å²) < 4.78 is 0. The molecule has 1 aliphatic rings. The van der Waals surface area contributed by atoms with Crippen molar-refractivity contribution in [3.05, 3.63) is 83.9 Å². The Balaban J connectivity index is 1.72. The summed E-state index contributed by atoms with van der Waals surface area (Å²) in [4.78, 5) is 12.9. The zero-order valence-electron chi connectivity index (χ0n) is 15.0. The molecule has 1 aliphatic carbocycles. The number of amides is 1. The predicted octanol–water partition coefficient (Wildman–Crippen LogP) is 5.89. The number of benzene rings is 3. The van der Waals surface area contributed by atoms with Crippen LogP contribution in [0.4, 0.5) is 0 Å². The van der Waals surface area contributed by atoms with Gasteiger partial charge in [0.25, 0.3) is 5.91 Å². The first-order chi connectivity index (χ1) is 12.8. The van der Waals surface area contributed by atoms with Gasteiger partial charge in [0.2, 0.25) is 0 Å². The van der Waals surface area contributed by atoms with E-state index in [-0.39, 0.29) is 11.9 Å². The Kier molecular flexibility index (Phi) is 5.01. The number of carbonyl (C=O) groups is 1. The maximum atomic E-state index is 12.9. The number of nitrogens with one attached hydrogen (secondary N) is 1. The van der Waals surface area contributed by atoms with Gasteiger partial charge in [-0.3, -0.25) is 4.79 Å². The van der Waals surface area contributed by atoms with Crippen molar-refractivity contribution < 1.29 is 4.79 Å². The third kappa shape index (κ3) is 3.50. The van der Waals surface area contributed by atoms with Gasteiger partial charge in [-0.15, -0.1) is 0 Å². The molecule has 26 heavy (non-hydrogen) atoms. The third-order valence-corrected chi connectivity index (χ3v) is 5.60. The molecule has 0 aliphatic heterocycles. The summed E-state index contributed by atoms with van der Waals surface area (Å²) in [6.45, 7) is 0. The third-order valence-electron chi connectivity index (χ3n) is 5.60. The normalized spacial score (nSPS) is 16.3. The standard InChI is InChI=1S/C24H25NO/c26-24(20-13-5-2-6-14-20)25-23(19-11-3-1-4-12-19)22-17-9-15-18-10-7-8-16-21(18)22/h2,5-10,13-17,19,23H,1,3-4,11-12H2,(H,25,26)/t23-/m1/s1. The molecule has 4 rings (SSSR count). The Morgan fingerprint density at radius 3 is 2.31 bits per heavy atom. The van der Waals surface area contributed by atoms with Crippen molar-refractivity contribution in [1.29, 1.82) is 0 Å². The topological polar surface area (TPSA) is 29.1 Å². The predicted molar refractivity (Wildman–Crippen MR) is 107 cm³/mol. The van der Waals surface area contributed by atoms with E-state index >= 15 is 0 Å². The molecule has 2 heteroatoms. The molecule has 3 aromatic carbocycles. The molecule has 0 unspecified atom stereocenters. The molecule has 0 aromatic heterocycles. The van der Waals surface area contributed by atoms with E-state index in [1.54, 1.807) is 0 Å². The number of fused-ring (bicyclic) bond motifs is 1. The summed E-state index contributed by atoms with van der Waals surface area (Å²) in [5.41, 5.74) is 1.98. The van der Waals surface area contributed by atoms with Gasteiger partial charge in [-0.1, -0.05) is 79.9 Å². The maximum Gasteiger partial charge on any atom is 0.251 e. The lowest BCUT2D eigenvalue weighted by Crippen LogP contribution is -2.34.